The third kappa shape index (κ3) is 5.07. The lowest BCUT2D eigenvalue weighted by molar-refractivity contribution is -0.384. The van der Waals surface area contributed by atoms with E-state index in [4.69, 9.17) is 4.42 Å². The molecule has 1 N–H and O–H groups in total. The van der Waals surface area contributed by atoms with E-state index in [1.165, 1.54) is 30.0 Å². The number of benzene rings is 1. The van der Waals surface area contributed by atoms with Crippen molar-refractivity contribution in [2.75, 3.05) is 11.1 Å². The number of rotatable bonds is 7. The Kier molecular flexibility index (Phi) is 6.38. The van der Waals surface area contributed by atoms with Gasteiger partial charge in [0.15, 0.2) is 0 Å². The summed E-state index contributed by atoms with van der Waals surface area (Å²) in [5.41, 5.74) is 0.448. The highest BCUT2D eigenvalue weighted by Gasteiger charge is 2.14. The summed E-state index contributed by atoms with van der Waals surface area (Å²) in [6.07, 6.45) is 1.31. The van der Waals surface area contributed by atoms with Gasteiger partial charge in [0.1, 0.15) is 23.2 Å². The maximum atomic E-state index is 12.3. The SMILES string of the molecule is CCSc1nsc(NC(=O)/C(C#N)=C\c2ccc(-c3ccc([N+](=O)[O-])cc3)o2)n1. The number of amides is 1. The quantitative estimate of drug-likeness (QED) is 0.193. The second-order valence-corrected chi connectivity index (χ2v) is 7.43. The van der Waals surface area contributed by atoms with Crippen LogP contribution in [0.4, 0.5) is 10.8 Å². The zero-order chi connectivity index (χ0) is 20.8. The zero-order valence-electron chi connectivity index (χ0n) is 15.0. The molecule has 1 aromatic carbocycles. The fourth-order valence-corrected chi connectivity index (χ4v) is 3.50. The molecule has 1 amide bonds. The van der Waals surface area contributed by atoms with E-state index in [0.29, 0.717) is 27.4 Å². The second kappa shape index (κ2) is 9.13. The van der Waals surface area contributed by atoms with Crippen LogP contribution in [0.2, 0.25) is 0 Å². The lowest BCUT2D eigenvalue weighted by atomic mass is 10.1. The molecule has 0 fully saturated rings. The van der Waals surface area contributed by atoms with Gasteiger partial charge in [0, 0.05) is 35.3 Å². The Morgan fingerprint density at radius 1 is 1.38 bits per heavy atom. The van der Waals surface area contributed by atoms with Crippen molar-refractivity contribution >= 4 is 46.1 Å². The minimum Gasteiger partial charge on any atom is -0.457 e. The van der Waals surface area contributed by atoms with Crippen LogP contribution in [0.1, 0.15) is 12.7 Å². The molecule has 9 nitrogen and oxygen atoms in total. The van der Waals surface area contributed by atoms with E-state index in [0.717, 1.165) is 17.3 Å². The van der Waals surface area contributed by atoms with Crippen molar-refractivity contribution in [3.63, 3.8) is 0 Å². The predicted molar refractivity (Wildman–Crippen MR) is 109 cm³/mol. The van der Waals surface area contributed by atoms with Gasteiger partial charge in [-0.05, 0) is 30.0 Å². The summed E-state index contributed by atoms with van der Waals surface area (Å²) in [4.78, 5) is 26.7. The van der Waals surface area contributed by atoms with Gasteiger partial charge in [0.25, 0.3) is 11.6 Å². The number of nitro benzene ring substituents is 1. The number of hydrogen-bond acceptors (Lipinski definition) is 9. The van der Waals surface area contributed by atoms with Gasteiger partial charge in [-0.15, -0.1) is 0 Å². The van der Waals surface area contributed by atoms with Crippen LogP contribution < -0.4 is 5.32 Å². The molecule has 2 heterocycles. The van der Waals surface area contributed by atoms with E-state index in [-0.39, 0.29) is 11.3 Å². The maximum absolute atomic E-state index is 12.3. The molecule has 3 rings (SSSR count). The fraction of sp³-hybridized carbons (Fsp3) is 0.111. The van der Waals surface area contributed by atoms with Crippen LogP contribution in [-0.4, -0.2) is 25.9 Å². The monoisotopic (exact) mass is 427 g/mol. The van der Waals surface area contributed by atoms with Crippen molar-refractivity contribution in [2.45, 2.75) is 12.1 Å². The molecule has 0 unspecified atom stereocenters. The standard InChI is InChI=1S/C18H13N5O4S2/c1-2-28-18-21-17(29-22-18)20-16(24)12(10-19)9-14-7-8-15(27-14)11-3-5-13(6-4-11)23(25)26/h3-9H,2H2,1H3,(H,20,21,22,24)/b12-9-. The van der Waals surface area contributed by atoms with Crippen molar-refractivity contribution < 1.29 is 14.1 Å². The van der Waals surface area contributed by atoms with Crippen molar-refractivity contribution in [1.82, 2.24) is 9.36 Å². The van der Waals surface area contributed by atoms with E-state index < -0.39 is 10.8 Å². The van der Waals surface area contributed by atoms with Gasteiger partial charge in [-0.3, -0.25) is 20.2 Å². The number of anilines is 1. The Morgan fingerprint density at radius 3 is 2.79 bits per heavy atom. The van der Waals surface area contributed by atoms with Crippen LogP contribution in [-0.2, 0) is 4.79 Å². The van der Waals surface area contributed by atoms with Gasteiger partial charge in [0.05, 0.1) is 4.92 Å². The Bertz CT molecular complexity index is 1110. The smallest absolute Gasteiger partial charge is 0.269 e. The summed E-state index contributed by atoms with van der Waals surface area (Å²) >= 11 is 2.48. The molecule has 0 radical (unpaired) electrons. The summed E-state index contributed by atoms with van der Waals surface area (Å²) in [5, 5.41) is 23.5. The summed E-state index contributed by atoms with van der Waals surface area (Å²) in [5.74, 6) is 0.937. The van der Waals surface area contributed by atoms with E-state index in [9.17, 15) is 20.2 Å². The molecule has 3 aromatic rings. The van der Waals surface area contributed by atoms with Gasteiger partial charge in [-0.1, -0.05) is 18.7 Å². The zero-order valence-corrected chi connectivity index (χ0v) is 16.6. The van der Waals surface area contributed by atoms with Crippen molar-refractivity contribution in [3.05, 3.63) is 57.8 Å². The Hall–Kier alpha value is -3.49. The predicted octanol–water partition coefficient (Wildman–Crippen LogP) is 4.36. The first-order valence-electron chi connectivity index (χ1n) is 8.24. The van der Waals surface area contributed by atoms with Crippen LogP contribution in [0.15, 0.2) is 51.5 Å². The number of nitriles is 1. The number of nitro groups is 1. The van der Waals surface area contributed by atoms with Crippen LogP contribution in [0.3, 0.4) is 0 Å². The molecule has 0 aliphatic carbocycles. The molecule has 0 bridgehead atoms. The lowest BCUT2D eigenvalue weighted by Gasteiger charge is -1.99. The van der Waals surface area contributed by atoms with Gasteiger partial charge in [0.2, 0.25) is 10.3 Å². The highest BCUT2D eigenvalue weighted by Crippen LogP contribution is 2.26. The number of nitrogens with one attached hydrogen (secondary N) is 1. The number of non-ortho nitro benzene ring substituents is 1. The third-order valence-electron chi connectivity index (χ3n) is 3.54. The third-order valence-corrected chi connectivity index (χ3v) is 5.02. The second-order valence-electron chi connectivity index (χ2n) is 5.45. The van der Waals surface area contributed by atoms with Gasteiger partial charge in [-0.25, -0.2) is 0 Å². The van der Waals surface area contributed by atoms with Crippen molar-refractivity contribution in [2.24, 2.45) is 0 Å². The molecule has 29 heavy (non-hydrogen) atoms. The number of hydrogen-bond donors (Lipinski definition) is 1. The largest absolute Gasteiger partial charge is 0.457 e. The number of aromatic nitrogens is 2. The first-order chi connectivity index (χ1) is 14.0. The number of carbonyl (C=O) groups is 1. The highest BCUT2D eigenvalue weighted by molar-refractivity contribution is 7.99. The highest BCUT2D eigenvalue weighted by atomic mass is 32.2. The molecule has 0 saturated heterocycles. The summed E-state index contributed by atoms with van der Waals surface area (Å²) in [6.45, 7) is 1.97. The van der Waals surface area contributed by atoms with E-state index >= 15 is 0 Å². The van der Waals surface area contributed by atoms with E-state index in [1.54, 1.807) is 24.3 Å². The maximum Gasteiger partial charge on any atom is 0.269 e. The lowest BCUT2D eigenvalue weighted by Crippen LogP contribution is -2.13. The first kappa shape index (κ1) is 20.2. The average molecular weight is 427 g/mol. The molecule has 0 atom stereocenters. The van der Waals surface area contributed by atoms with Gasteiger partial charge < -0.3 is 4.42 Å². The Balaban J connectivity index is 1.74. The van der Waals surface area contributed by atoms with Crippen LogP contribution >= 0.6 is 23.3 Å². The molecule has 0 saturated carbocycles. The first-order valence-corrected chi connectivity index (χ1v) is 10.0. The van der Waals surface area contributed by atoms with E-state index in [2.05, 4.69) is 14.7 Å². The molecular formula is C18H13N5O4S2. The molecular weight excluding hydrogens is 414 g/mol. The summed E-state index contributed by atoms with van der Waals surface area (Å²) < 4.78 is 9.73. The number of thioether (sulfide) groups is 1. The Labute approximate surface area is 173 Å². The molecule has 0 aliphatic rings. The molecule has 0 spiro atoms. The van der Waals surface area contributed by atoms with Gasteiger partial charge in [-0.2, -0.15) is 14.6 Å². The summed E-state index contributed by atoms with van der Waals surface area (Å²) in [7, 11) is 0. The fourth-order valence-electron chi connectivity index (χ4n) is 2.24. The van der Waals surface area contributed by atoms with Crippen LogP contribution in [0, 0.1) is 21.4 Å². The van der Waals surface area contributed by atoms with Crippen LogP contribution in [0.5, 0.6) is 0 Å². The minimum atomic E-state index is -0.620. The average Bonchev–Trinajstić information content (AvgIpc) is 3.36. The van der Waals surface area contributed by atoms with Crippen molar-refractivity contribution in [3.8, 4) is 17.4 Å². The number of furan rings is 1. The normalized spacial score (nSPS) is 11.1. The Morgan fingerprint density at radius 2 is 2.14 bits per heavy atom. The van der Waals surface area contributed by atoms with Crippen molar-refractivity contribution in [1.29, 1.82) is 5.26 Å². The number of nitrogens with zero attached hydrogens (tertiary/aromatic N) is 4. The molecule has 146 valence electrons. The minimum absolute atomic E-state index is 0.0268. The van der Waals surface area contributed by atoms with Crippen LogP contribution in [0.25, 0.3) is 17.4 Å². The topological polar surface area (TPSA) is 135 Å². The van der Waals surface area contributed by atoms with Gasteiger partial charge >= 0.3 is 0 Å². The molecule has 2 aromatic heterocycles. The molecule has 0 aliphatic heterocycles. The summed E-state index contributed by atoms with van der Waals surface area (Å²) in [6, 6.07) is 10.9. The molecule has 11 heteroatoms. The van der Waals surface area contributed by atoms with E-state index in [1.807, 2.05) is 13.0 Å². The number of carbonyl (C=O) groups excluding carboxylic acids is 1.